The van der Waals surface area contributed by atoms with Crippen LogP contribution in [0.4, 0.5) is 0 Å². The number of hydrogen-bond acceptors (Lipinski definition) is 6. The van der Waals surface area contributed by atoms with Crippen LogP contribution in [0.1, 0.15) is 16.1 Å². The maximum absolute atomic E-state index is 11.3. The molecular weight excluding hydrogens is 292 g/mol. The molecule has 0 radical (unpaired) electrons. The van der Waals surface area contributed by atoms with Crippen molar-refractivity contribution in [2.45, 2.75) is 11.8 Å². The first-order chi connectivity index (χ1) is 10.2. The van der Waals surface area contributed by atoms with E-state index in [-0.39, 0.29) is 23.9 Å². The summed E-state index contributed by atoms with van der Waals surface area (Å²) in [6.45, 7) is 0.208. The molecule has 2 aromatic rings. The third-order valence-electron chi connectivity index (χ3n) is 2.62. The Labute approximate surface area is 126 Å². The van der Waals surface area contributed by atoms with Gasteiger partial charge in [0.1, 0.15) is 6.61 Å². The molecule has 0 bridgehead atoms. The van der Waals surface area contributed by atoms with Gasteiger partial charge in [0, 0.05) is 0 Å². The number of ether oxygens (including phenoxy) is 2. The summed E-state index contributed by atoms with van der Waals surface area (Å²) in [6.07, 6.45) is 1.75. The van der Waals surface area contributed by atoms with Gasteiger partial charge >= 0.3 is 5.97 Å². The zero-order chi connectivity index (χ0) is 15.2. The van der Waals surface area contributed by atoms with Crippen LogP contribution in [0.5, 0.6) is 11.6 Å². The second-order valence-electron chi connectivity index (χ2n) is 3.98. The van der Waals surface area contributed by atoms with Crippen LogP contribution in [0.2, 0.25) is 0 Å². The van der Waals surface area contributed by atoms with Crippen LogP contribution in [-0.2, 0) is 6.61 Å². The van der Waals surface area contributed by atoms with Crippen molar-refractivity contribution in [2.75, 3.05) is 13.4 Å². The molecular formula is C14H14N2O4S. The van der Waals surface area contributed by atoms with Crippen LogP contribution in [-0.4, -0.2) is 34.4 Å². The number of carboxylic acid groups (broad SMARTS) is 1. The molecule has 110 valence electrons. The second kappa shape index (κ2) is 6.94. The molecule has 0 aliphatic heterocycles. The van der Waals surface area contributed by atoms with Gasteiger partial charge in [-0.15, -0.1) is 0 Å². The van der Waals surface area contributed by atoms with Gasteiger partial charge in [0.15, 0.2) is 10.9 Å². The number of aromatic nitrogens is 2. The summed E-state index contributed by atoms with van der Waals surface area (Å²) in [7, 11) is 1.41. The van der Waals surface area contributed by atoms with Gasteiger partial charge < -0.3 is 14.6 Å². The average Bonchev–Trinajstić information content (AvgIpc) is 2.52. The Bertz CT molecular complexity index is 634. The SMILES string of the molecule is COc1nc(SC)nc(C(=O)O)c1OCc1ccccc1. The maximum Gasteiger partial charge on any atom is 0.358 e. The highest BCUT2D eigenvalue weighted by Crippen LogP contribution is 2.31. The van der Waals surface area contributed by atoms with E-state index < -0.39 is 5.97 Å². The summed E-state index contributed by atoms with van der Waals surface area (Å²) in [5.41, 5.74) is 0.701. The molecule has 2 rings (SSSR count). The molecule has 0 fully saturated rings. The molecule has 1 N–H and O–H groups in total. The second-order valence-corrected chi connectivity index (χ2v) is 4.75. The third-order valence-corrected chi connectivity index (χ3v) is 3.17. The lowest BCUT2D eigenvalue weighted by Crippen LogP contribution is -2.10. The van der Waals surface area contributed by atoms with Gasteiger partial charge in [-0.1, -0.05) is 42.1 Å². The summed E-state index contributed by atoms with van der Waals surface area (Å²) in [4.78, 5) is 19.4. The van der Waals surface area contributed by atoms with Gasteiger partial charge in [-0.25, -0.2) is 9.78 Å². The zero-order valence-corrected chi connectivity index (χ0v) is 12.4. The molecule has 0 spiro atoms. The van der Waals surface area contributed by atoms with E-state index in [4.69, 9.17) is 9.47 Å². The number of rotatable bonds is 6. The predicted molar refractivity (Wildman–Crippen MR) is 78.1 cm³/mol. The molecule has 1 aromatic carbocycles. The molecule has 1 heterocycles. The first-order valence-electron chi connectivity index (χ1n) is 6.05. The summed E-state index contributed by atoms with van der Waals surface area (Å²) in [5, 5.41) is 9.58. The Kier molecular flexibility index (Phi) is 4.99. The Morgan fingerprint density at radius 1 is 1.29 bits per heavy atom. The maximum atomic E-state index is 11.3. The summed E-state index contributed by atoms with van der Waals surface area (Å²) < 4.78 is 10.7. The quantitative estimate of drug-likeness (QED) is 0.648. The normalized spacial score (nSPS) is 10.2. The van der Waals surface area contributed by atoms with E-state index >= 15 is 0 Å². The van der Waals surface area contributed by atoms with E-state index in [0.29, 0.717) is 5.16 Å². The Balaban J connectivity index is 2.34. The van der Waals surface area contributed by atoms with Crippen molar-refractivity contribution in [3.8, 4) is 11.6 Å². The largest absolute Gasteiger partial charge is 0.481 e. The van der Waals surface area contributed by atoms with Gasteiger partial charge in [0.25, 0.3) is 5.88 Å². The first kappa shape index (κ1) is 15.1. The molecule has 1 aromatic heterocycles. The Morgan fingerprint density at radius 3 is 2.57 bits per heavy atom. The summed E-state index contributed by atoms with van der Waals surface area (Å²) in [6, 6.07) is 9.40. The minimum absolute atomic E-state index is 0.0339. The van der Waals surface area contributed by atoms with Gasteiger partial charge in [0.05, 0.1) is 7.11 Å². The number of carbonyl (C=O) groups is 1. The van der Waals surface area contributed by atoms with Crippen molar-refractivity contribution in [2.24, 2.45) is 0 Å². The smallest absolute Gasteiger partial charge is 0.358 e. The minimum atomic E-state index is -1.19. The predicted octanol–water partition coefficient (Wildman–Crippen LogP) is 2.48. The summed E-state index contributed by atoms with van der Waals surface area (Å²) >= 11 is 1.23. The monoisotopic (exact) mass is 306 g/mol. The van der Waals surface area contributed by atoms with Crippen molar-refractivity contribution >= 4 is 17.7 Å². The molecule has 6 nitrogen and oxygen atoms in total. The first-order valence-corrected chi connectivity index (χ1v) is 7.28. The van der Waals surface area contributed by atoms with Gasteiger partial charge in [-0.2, -0.15) is 4.98 Å². The van der Waals surface area contributed by atoms with Crippen molar-refractivity contribution < 1.29 is 19.4 Å². The Hall–Kier alpha value is -2.28. The topological polar surface area (TPSA) is 81.5 Å². The average molecular weight is 306 g/mol. The molecule has 0 atom stereocenters. The fraction of sp³-hybridized carbons (Fsp3) is 0.214. The van der Waals surface area contributed by atoms with Gasteiger partial charge in [-0.3, -0.25) is 0 Å². The highest BCUT2D eigenvalue weighted by Gasteiger charge is 2.22. The molecule has 21 heavy (non-hydrogen) atoms. The number of carboxylic acids is 1. The lowest BCUT2D eigenvalue weighted by molar-refractivity contribution is 0.0682. The highest BCUT2D eigenvalue weighted by atomic mass is 32.2. The fourth-order valence-electron chi connectivity index (χ4n) is 1.64. The lowest BCUT2D eigenvalue weighted by Gasteiger charge is -2.12. The minimum Gasteiger partial charge on any atom is -0.481 e. The van der Waals surface area contributed by atoms with Crippen LogP contribution in [0.15, 0.2) is 35.5 Å². The molecule has 0 unspecified atom stereocenters. The third kappa shape index (κ3) is 3.63. The van der Waals surface area contributed by atoms with E-state index in [9.17, 15) is 9.90 Å². The zero-order valence-electron chi connectivity index (χ0n) is 11.6. The van der Waals surface area contributed by atoms with Crippen LogP contribution in [0.3, 0.4) is 0 Å². The molecule has 0 saturated carbocycles. The summed E-state index contributed by atoms with van der Waals surface area (Å²) in [5.74, 6) is -1.04. The molecule has 0 aliphatic rings. The van der Waals surface area contributed by atoms with Gasteiger partial charge in [-0.05, 0) is 11.8 Å². The van der Waals surface area contributed by atoms with Crippen LogP contribution < -0.4 is 9.47 Å². The number of benzene rings is 1. The lowest BCUT2D eigenvalue weighted by atomic mass is 10.2. The fourth-order valence-corrected chi connectivity index (χ4v) is 2.00. The van der Waals surface area contributed by atoms with E-state index in [1.807, 2.05) is 30.3 Å². The molecule has 0 saturated heterocycles. The van der Waals surface area contributed by atoms with Crippen LogP contribution in [0, 0.1) is 0 Å². The van der Waals surface area contributed by atoms with Crippen molar-refractivity contribution in [1.29, 1.82) is 0 Å². The number of nitrogens with zero attached hydrogens (tertiary/aromatic N) is 2. The van der Waals surface area contributed by atoms with E-state index in [0.717, 1.165) is 5.56 Å². The molecule has 0 amide bonds. The standard InChI is InChI=1S/C14H14N2O4S/c1-19-12-11(20-8-9-6-4-3-5-7-9)10(13(17)18)15-14(16-12)21-2/h3-7H,8H2,1-2H3,(H,17,18). The van der Waals surface area contributed by atoms with Crippen LogP contribution in [0.25, 0.3) is 0 Å². The van der Waals surface area contributed by atoms with Crippen LogP contribution >= 0.6 is 11.8 Å². The van der Waals surface area contributed by atoms with E-state index in [1.54, 1.807) is 6.26 Å². The highest BCUT2D eigenvalue weighted by molar-refractivity contribution is 7.98. The number of hydrogen-bond donors (Lipinski definition) is 1. The number of methoxy groups -OCH3 is 1. The Morgan fingerprint density at radius 2 is 2.00 bits per heavy atom. The van der Waals surface area contributed by atoms with Crippen molar-refractivity contribution in [3.05, 3.63) is 41.6 Å². The molecule has 7 heteroatoms. The van der Waals surface area contributed by atoms with E-state index in [2.05, 4.69) is 9.97 Å². The van der Waals surface area contributed by atoms with Crippen molar-refractivity contribution in [3.63, 3.8) is 0 Å². The number of thioether (sulfide) groups is 1. The van der Waals surface area contributed by atoms with E-state index in [1.165, 1.54) is 18.9 Å². The van der Waals surface area contributed by atoms with Gasteiger partial charge in [0.2, 0.25) is 5.75 Å². The molecule has 0 aliphatic carbocycles. The number of aromatic carboxylic acids is 1. The van der Waals surface area contributed by atoms with Crippen molar-refractivity contribution in [1.82, 2.24) is 9.97 Å².